The van der Waals surface area contributed by atoms with E-state index in [0.717, 1.165) is 6.92 Å². The molecule has 35 heavy (non-hydrogen) atoms. The molecule has 1 fully saturated rings. The van der Waals surface area contributed by atoms with Crippen molar-refractivity contribution in [2.75, 3.05) is 5.73 Å². The first-order valence-electron chi connectivity index (χ1n) is 9.08. The van der Waals surface area contributed by atoms with Crippen LogP contribution in [0.5, 0.6) is 0 Å². The molecule has 0 saturated carbocycles. The van der Waals surface area contributed by atoms with Crippen LogP contribution >= 0.6 is 35.1 Å². The van der Waals surface area contributed by atoms with E-state index in [1.807, 2.05) is 0 Å². The minimum absolute atomic E-state index is 0.0232. The molecule has 1 aliphatic rings. The number of rotatable bonds is 8. The number of anilines is 1. The van der Waals surface area contributed by atoms with E-state index in [1.54, 1.807) is 0 Å². The Kier molecular flexibility index (Phi) is 7.49. The summed E-state index contributed by atoms with van der Waals surface area (Å²) in [6, 6.07) is 1.34. The number of nitrogens with two attached hydrogens (primary N) is 1. The molecule has 17 nitrogen and oxygen atoms in total. The van der Waals surface area contributed by atoms with Gasteiger partial charge in [-0.3, -0.25) is 14.3 Å². The molecule has 3 unspecified atom stereocenters. The van der Waals surface area contributed by atoms with Crippen molar-refractivity contribution in [3.8, 4) is 12.3 Å². The fraction of sp³-hybridized carbons (Fsp3) is 0.429. The van der Waals surface area contributed by atoms with Crippen molar-refractivity contribution in [3.63, 3.8) is 0 Å². The number of fused-ring (bicyclic) bond motifs is 1. The number of nitrogen functional groups attached to an aromatic ring is 1. The molecule has 2 aromatic heterocycles. The zero-order valence-electron chi connectivity index (χ0n) is 17.2. The zero-order chi connectivity index (χ0) is 26.6. The lowest BCUT2D eigenvalue weighted by Gasteiger charge is -2.26. The number of hydrogen-bond donors (Lipinski definition) is 7. The molecule has 0 bridgehead atoms. The van der Waals surface area contributed by atoms with Gasteiger partial charge in [-0.05, 0) is 13.0 Å². The maximum atomic E-state index is 12.1. The van der Waals surface area contributed by atoms with Gasteiger partial charge in [0.2, 0.25) is 5.95 Å². The van der Waals surface area contributed by atoms with Gasteiger partial charge in [-0.15, -0.1) is 6.42 Å². The van der Waals surface area contributed by atoms with Crippen LogP contribution in [-0.4, -0.2) is 62.4 Å². The lowest BCUT2D eigenvalue weighted by molar-refractivity contribution is -0.0727. The van der Waals surface area contributed by atoms with Crippen LogP contribution in [0.15, 0.2) is 17.1 Å². The highest BCUT2D eigenvalue weighted by atomic mass is 35.5. The molecule has 1 aliphatic heterocycles. The predicted octanol–water partition coefficient (Wildman–Crippen LogP) is -0.0923. The van der Waals surface area contributed by atoms with E-state index < -0.39 is 58.4 Å². The molecule has 0 aliphatic carbocycles. The third-order valence-electron chi connectivity index (χ3n) is 4.64. The van der Waals surface area contributed by atoms with E-state index in [4.69, 9.17) is 38.3 Å². The molecule has 3 heterocycles. The Balaban J connectivity index is 1.89. The van der Waals surface area contributed by atoms with Gasteiger partial charge >= 0.3 is 23.5 Å². The third kappa shape index (κ3) is 5.87. The molecule has 0 amide bonds. The lowest BCUT2D eigenvalue weighted by Crippen LogP contribution is -2.43. The number of aromatic amines is 1. The van der Waals surface area contributed by atoms with Gasteiger partial charge in [-0.1, -0.05) is 17.5 Å². The van der Waals surface area contributed by atoms with Gasteiger partial charge in [0.05, 0.1) is 11.5 Å². The minimum atomic E-state index is -5.78. The Bertz CT molecular complexity index is 1380. The highest BCUT2D eigenvalue weighted by Gasteiger charge is 2.58. The van der Waals surface area contributed by atoms with E-state index >= 15 is 0 Å². The van der Waals surface area contributed by atoms with Gasteiger partial charge in [-0.25, -0.2) is 13.7 Å². The fourth-order valence-corrected chi connectivity index (χ4v) is 6.80. The largest absolute Gasteiger partial charge is 0.490 e. The summed E-state index contributed by atoms with van der Waals surface area (Å²) < 4.78 is 53.3. The number of nitrogens with one attached hydrogen (secondary N) is 1. The zero-order valence-corrected chi connectivity index (χ0v) is 20.7. The number of phosphoric acid groups is 3. The van der Waals surface area contributed by atoms with Crippen LogP contribution < -0.4 is 11.3 Å². The van der Waals surface area contributed by atoms with Crippen molar-refractivity contribution in [2.24, 2.45) is 0 Å². The van der Waals surface area contributed by atoms with Crippen LogP contribution in [0.4, 0.5) is 5.95 Å². The molecule has 8 N–H and O–H groups in total. The number of aliphatic hydroxyl groups is 1. The lowest BCUT2D eigenvalue weighted by atomic mass is 9.97. The Morgan fingerprint density at radius 3 is 2.51 bits per heavy atom. The van der Waals surface area contributed by atoms with Gasteiger partial charge in [0, 0.05) is 6.20 Å². The van der Waals surface area contributed by atoms with Crippen molar-refractivity contribution in [1.29, 1.82) is 0 Å². The molecule has 2 aromatic rings. The number of nitrogens with zero attached hydrogens (tertiary/aromatic N) is 2. The van der Waals surface area contributed by atoms with Crippen LogP contribution in [0.3, 0.4) is 0 Å². The number of aromatic nitrogens is 3. The van der Waals surface area contributed by atoms with E-state index in [0.29, 0.717) is 0 Å². The highest BCUT2D eigenvalue weighted by molar-refractivity contribution is 7.66. The second kappa shape index (κ2) is 9.37. The first-order chi connectivity index (χ1) is 15.9. The average Bonchev–Trinajstić information content (AvgIpc) is 3.18. The number of aliphatic hydroxyl groups excluding tert-OH is 1. The molecule has 3 rings (SSSR count). The Morgan fingerprint density at radius 2 is 1.94 bits per heavy atom. The highest BCUT2D eigenvalue weighted by Crippen LogP contribution is 2.66. The average molecular weight is 579 g/mol. The van der Waals surface area contributed by atoms with Gasteiger partial charge in [0.25, 0.3) is 5.56 Å². The number of hydrogen-bond acceptors (Lipinski definition) is 11. The van der Waals surface area contributed by atoms with Crippen LogP contribution in [0, 0.1) is 12.3 Å². The predicted molar refractivity (Wildman–Crippen MR) is 117 cm³/mol. The summed E-state index contributed by atoms with van der Waals surface area (Å²) in [7, 11) is -16.9. The molecule has 0 radical (unpaired) electrons. The molecule has 0 spiro atoms. The van der Waals surface area contributed by atoms with Crippen LogP contribution in [0.2, 0.25) is 0 Å². The van der Waals surface area contributed by atoms with E-state index in [2.05, 4.69) is 29.0 Å². The molecule has 7 atom stereocenters. The van der Waals surface area contributed by atoms with Crippen LogP contribution in [0.1, 0.15) is 13.2 Å². The first-order valence-corrected chi connectivity index (χ1v) is 14.0. The smallest absolute Gasteiger partial charge is 0.387 e. The number of phosphoric ester groups is 1. The number of terminal acetylenes is 1. The van der Waals surface area contributed by atoms with E-state index in [-0.39, 0.29) is 17.0 Å². The Morgan fingerprint density at radius 1 is 1.31 bits per heavy atom. The summed E-state index contributed by atoms with van der Waals surface area (Å²) in [4.78, 5) is 52.6. The van der Waals surface area contributed by atoms with Gasteiger partial charge in [0.1, 0.15) is 12.2 Å². The van der Waals surface area contributed by atoms with E-state index in [1.165, 1.54) is 16.8 Å². The number of alkyl halides is 1. The number of ether oxygens (including phenoxy) is 1. The van der Waals surface area contributed by atoms with Crippen molar-refractivity contribution in [1.82, 2.24) is 14.5 Å². The van der Waals surface area contributed by atoms with E-state index in [9.17, 15) is 33.4 Å². The van der Waals surface area contributed by atoms with Crippen molar-refractivity contribution >= 4 is 52.1 Å². The SMILES string of the molecule is C#CC1(Cl)[C@@H](O)[C@@H]([C@@H](C)OP(=O)(O)OP(=O)(O)OP(=O)(O)O)O[C@H]1n1ccc2c(=O)[nH]c(N)nc21. The first kappa shape index (κ1) is 28.0. The second-order valence-corrected chi connectivity index (χ2v) is 12.1. The molecular weight excluding hydrogens is 561 g/mol. The topological polar surface area (TPSA) is 266 Å². The summed E-state index contributed by atoms with van der Waals surface area (Å²) >= 11 is 6.45. The summed E-state index contributed by atoms with van der Waals surface area (Å²) in [5.74, 6) is 1.90. The van der Waals surface area contributed by atoms with Crippen LogP contribution in [0.25, 0.3) is 11.0 Å². The molecule has 1 saturated heterocycles. The van der Waals surface area contributed by atoms with Gasteiger partial charge in [0.15, 0.2) is 16.7 Å². The van der Waals surface area contributed by atoms with Crippen LogP contribution in [-0.2, 0) is 31.6 Å². The number of halogens is 1. The minimum Gasteiger partial charge on any atom is -0.387 e. The Labute approximate surface area is 200 Å². The van der Waals surface area contributed by atoms with Crippen molar-refractivity contribution < 1.29 is 56.3 Å². The summed E-state index contributed by atoms with van der Waals surface area (Å²) in [6.45, 7) is 1.07. The number of H-pyrrole nitrogens is 1. The molecule has 0 aromatic carbocycles. The standard InChI is InChI=1S/C14H18ClN4O13P3/c1-3-14(15)9(20)8(6(2)30-34(25,26)32-35(27,28)31-33(22,23)24)29-12(14)19-5-4-7-10(19)17-13(16)18-11(7)21/h1,4-6,8-9,12,20H,2H3,(H,25,26)(H,27,28)(H2,22,23,24)(H3,16,17,18,21)/t6-,8-,9+,12-,14?/m1/s1. The molecule has 194 valence electrons. The normalized spacial score (nSPS) is 29.4. The quantitative estimate of drug-likeness (QED) is 0.122. The monoisotopic (exact) mass is 578 g/mol. The van der Waals surface area contributed by atoms with Crippen molar-refractivity contribution in [2.45, 2.75) is 36.3 Å². The maximum Gasteiger partial charge on any atom is 0.490 e. The fourth-order valence-electron chi connectivity index (χ4n) is 3.32. The summed E-state index contributed by atoms with van der Waals surface area (Å²) in [6.07, 6.45) is 0.350. The van der Waals surface area contributed by atoms with Crippen molar-refractivity contribution in [3.05, 3.63) is 22.6 Å². The maximum absolute atomic E-state index is 12.1. The Hall–Kier alpha value is -1.60. The summed E-state index contributed by atoms with van der Waals surface area (Å²) in [5.41, 5.74) is 4.96. The molecular formula is C14H18ClN4O13P3. The molecule has 21 heteroatoms. The summed E-state index contributed by atoms with van der Waals surface area (Å²) in [5, 5.41) is 10.8. The van der Waals surface area contributed by atoms with Gasteiger partial charge < -0.3 is 39.7 Å². The van der Waals surface area contributed by atoms with Gasteiger partial charge in [-0.2, -0.15) is 13.6 Å². The second-order valence-electron chi connectivity index (χ2n) is 7.12. The third-order valence-corrected chi connectivity index (χ3v) is 9.08.